The second kappa shape index (κ2) is 5.70. The number of fused-ring (bicyclic) bond motifs is 1. The largest absolute Gasteiger partial charge is 0.311 e. The summed E-state index contributed by atoms with van der Waals surface area (Å²) in [5.74, 6) is 0. The van der Waals surface area contributed by atoms with Crippen molar-refractivity contribution in [3.8, 4) is 0 Å². The minimum atomic E-state index is 0.257. The molecule has 108 valence electrons. The van der Waals surface area contributed by atoms with E-state index in [9.17, 15) is 0 Å². The average molecular weight is 279 g/mol. The van der Waals surface area contributed by atoms with Crippen molar-refractivity contribution in [3.63, 3.8) is 0 Å². The number of hydrogen-bond donors (Lipinski definition) is 1. The SMILES string of the molecule is CNC(Cn1ncc2ccccc21)c1ccc(C)c(C)c1. The van der Waals surface area contributed by atoms with E-state index in [4.69, 9.17) is 0 Å². The lowest BCUT2D eigenvalue weighted by molar-refractivity contribution is 0.478. The van der Waals surface area contributed by atoms with Crippen molar-refractivity contribution in [3.05, 3.63) is 65.4 Å². The van der Waals surface area contributed by atoms with Gasteiger partial charge in [0.1, 0.15) is 0 Å². The Bertz CT molecular complexity index is 758. The van der Waals surface area contributed by atoms with Crippen molar-refractivity contribution in [2.45, 2.75) is 26.4 Å². The van der Waals surface area contributed by atoms with Gasteiger partial charge in [-0.1, -0.05) is 36.4 Å². The molecule has 1 heterocycles. The Morgan fingerprint density at radius 2 is 1.90 bits per heavy atom. The third-order valence-electron chi connectivity index (χ3n) is 4.19. The standard InChI is InChI=1S/C18H21N3/c1-13-8-9-15(10-14(13)2)17(19-3)12-21-18-7-5-4-6-16(18)11-20-21/h4-11,17,19H,12H2,1-3H3. The molecule has 1 unspecified atom stereocenters. The number of rotatable bonds is 4. The van der Waals surface area contributed by atoms with Crippen LogP contribution in [0.1, 0.15) is 22.7 Å². The van der Waals surface area contributed by atoms with Crippen LogP contribution in [0.4, 0.5) is 0 Å². The third kappa shape index (κ3) is 2.69. The average Bonchev–Trinajstić information content (AvgIpc) is 2.91. The highest BCUT2D eigenvalue weighted by Crippen LogP contribution is 2.21. The molecule has 0 aliphatic carbocycles. The maximum Gasteiger partial charge on any atom is 0.0683 e. The summed E-state index contributed by atoms with van der Waals surface area (Å²) < 4.78 is 2.08. The minimum Gasteiger partial charge on any atom is -0.311 e. The summed E-state index contributed by atoms with van der Waals surface area (Å²) >= 11 is 0. The van der Waals surface area contributed by atoms with Crippen molar-refractivity contribution in [2.75, 3.05) is 7.05 Å². The van der Waals surface area contributed by atoms with E-state index in [2.05, 4.69) is 65.3 Å². The second-order valence-corrected chi connectivity index (χ2v) is 5.57. The zero-order chi connectivity index (χ0) is 14.8. The first-order chi connectivity index (χ1) is 10.2. The van der Waals surface area contributed by atoms with Gasteiger partial charge in [0.25, 0.3) is 0 Å². The lowest BCUT2D eigenvalue weighted by Gasteiger charge is -2.18. The van der Waals surface area contributed by atoms with Gasteiger partial charge in [0.2, 0.25) is 0 Å². The lowest BCUT2D eigenvalue weighted by atomic mass is 10.0. The first-order valence-electron chi connectivity index (χ1n) is 7.34. The number of nitrogens with one attached hydrogen (secondary N) is 1. The van der Waals surface area contributed by atoms with Gasteiger partial charge in [-0.05, 0) is 43.7 Å². The maximum absolute atomic E-state index is 4.53. The Hall–Kier alpha value is -2.13. The molecular weight excluding hydrogens is 258 g/mol. The summed E-state index contributed by atoms with van der Waals surface area (Å²) in [6.07, 6.45) is 1.93. The maximum atomic E-state index is 4.53. The Kier molecular flexibility index (Phi) is 3.76. The van der Waals surface area contributed by atoms with Crippen LogP contribution in [0.3, 0.4) is 0 Å². The lowest BCUT2D eigenvalue weighted by Crippen LogP contribution is -2.22. The van der Waals surface area contributed by atoms with Crippen molar-refractivity contribution >= 4 is 10.9 Å². The van der Waals surface area contributed by atoms with E-state index in [-0.39, 0.29) is 6.04 Å². The molecule has 1 atom stereocenters. The zero-order valence-corrected chi connectivity index (χ0v) is 12.8. The molecule has 0 saturated carbocycles. The van der Waals surface area contributed by atoms with Gasteiger partial charge in [0, 0.05) is 5.39 Å². The Balaban J connectivity index is 1.92. The quantitative estimate of drug-likeness (QED) is 0.790. The van der Waals surface area contributed by atoms with Crippen molar-refractivity contribution in [1.29, 1.82) is 0 Å². The minimum absolute atomic E-state index is 0.257. The molecule has 0 aliphatic heterocycles. The monoisotopic (exact) mass is 279 g/mol. The Morgan fingerprint density at radius 1 is 1.10 bits per heavy atom. The predicted molar refractivity (Wildman–Crippen MR) is 87.4 cm³/mol. The molecule has 0 bridgehead atoms. The molecule has 0 fully saturated rings. The molecule has 2 aromatic carbocycles. The van der Waals surface area contributed by atoms with Crippen molar-refractivity contribution < 1.29 is 0 Å². The molecule has 3 nitrogen and oxygen atoms in total. The number of benzene rings is 2. The highest BCUT2D eigenvalue weighted by molar-refractivity contribution is 5.78. The summed E-state index contributed by atoms with van der Waals surface area (Å²) in [5.41, 5.74) is 5.15. The van der Waals surface area contributed by atoms with E-state index in [0.717, 1.165) is 6.54 Å². The van der Waals surface area contributed by atoms with Crippen LogP contribution in [0.15, 0.2) is 48.7 Å². The molecular formula is C18H21N3. The molecule has 0 aliphatic rings. The van der Waals surface area contributed by atoms with Crippen LogP contribution in [-0.2, 0) is 6.54 Å². The smallest absolute Gasteiger partial charge is 0.0683 e. The first-order valence-corrected chi connectivity index (χ1v) is 7.34. The summed E-state index contributed by atoms with van der Waals surface area (Å²) in [7, 11) is 2.01. The normalized spacial score (nSPS) is 12.7. The fraction of sp³-hybridized carbons (Fsp3) is 0.278. The topological polar surface area (TPSA) is 29.9 Å². The molecule has 0 amide bonds. The van der Waals surface area contributed by atoms with E-state index >= 15 is 0 Å². The molecule has 3 aromatic rings. The van der Waals surface area contributed by atoms with Crippen molar-refractivity contribution in [1.82, 2.24) is 15.1 Å². The van der Waals surface area contributed by atoms with Crippen LogP contribution >= 0.6 is 0 Å². The second-order valence-electron chi connectivity index (χ2n) is 5.57. The van der Waals surface area contributed by atoms with E-state index in [1.807, 2.05) is 19.3 Å². The molecule has 0 spiro atoms. The van der Waals surface area contributed by atoms with Gasteiger partial charge in [-0.15, -0.1) is 0 Å². The van der Waals surface area contributed by atoms with Crippen LogP contribution in [0.5, 0.6) is 0 Å². The van der Waals surface area contributed by atoms with Crippen LogP contribution in [0, 0.1) is 13.8 Å². The fourth-order valence-electron chi connectivity index (χ4n) is 2.69. The van der Waals surface area contributed by atoms with Gasteiger partial charge in [0.15, 0.2) is 0 Å². The van der Waals surface area contributed by atoms with Crippen LogP contribution in [0.2, 0.25) is 0 Å². The summed E-state index contributed by atoms with van der Waals surface area (Å²) in [5, 5.41) is 9.12. The third-order valence-corrected chi connectivity index (χ3v) is 4.19. The van der Waals surface area contributed by atoms with E-state index in [1.165, 1.54) is 27.6 Å². The Labute approximate surface area is 125 Å². The van der Waals surface area contributed by atoms with Gasteiger partial charge in [-0.25, -0.2) is 0 Å². The summed E-state index contributed by atoms with van der Waals surface area (Å²) in [4.78, 5) is 0. The number of para-hydroxylation sites is 1. The molecule has 3 heteroatoms. The van der Waals surface area contributed by atoms with Gasteiger partial charge in [-0.3, -0.25) is 4.68 Å². The zero-order valence-electron chi connectivity index (χ0n) is 12.8. The highest BCUT2D eigenvalue weighted by Gasteiger charge is 2.12. The van der Waals surface area contributed by atoms with Crippen LogP contribution in [0.25, 0.3) is 10.9 Å². The van der Waals surface area contributed by atoms with Crippen LogP contribution < -0.4 is 5.32 Å². The molecule has 21 heavy (non-hydrogen) atoms. The van der Waals surface area contributed by atoms with E-state index in [1.54, 1.807) is 0 Å². The molecule has 1 aromatic heterocycles. The van der Waals surface area contributed by atoms with Gasteiger partial charge in [0.05, 0.1) is 24.3 Å². The number of nitrogens with zero attached hydrogens (tertiary/aromatic N) is 2. The van der Waals surface area contributed by atoms with Gasteiger partial charge >= 0.3 is 0 Å². The molecule has 3 rings (SSSR count). The van der Waals surface area contributed by atoms with E-state index in [0.29, 0.717) is 0 Å². The number of aromatic nitrogens is 2. The molecule has 0 radical (unpaired) electrons. The molecule has 0 saturated heterocycles. The van der Waals surface area contributed by atoms with Gasteiger partial charge in [-0.2, -0.15) is 5.10 Å². The van der Waals surface area contributed by atoms with Gasteiger partial charge < -0.3 is 5.32 Å². The summed E-state index contributed by atoms with van der Waals surface area (Å²) in [6, 6.07) is 15.2. The fourth-order valence-corrected chi connectivity index (χ4v) is 2.69. The Morgan fingerprint density at radius 3 is 2.67 bits per heavy atom. The first kappa shape index (κ1) is 13.8. The van der Waals surface area contributed by atoms with Crippen molar-refractivity contribution in [2.24, 2.45) is 0 Å². The predicted octanol–water partition coefficient (Wildman–Crippen LogP) is 3.61. The molecule has 1 N–H and O–H groups in total. The number of aryl methyl sites for hydroxylation is 2. The van der Waals surface area contributed by atoms with E-state index < -0.39 is 0 Å². The highest BCUT2D eigenvalue weighted by atomic mass is 15.3. The number of likely N-dealkylation sites (N-methyl/N-ethyl adjacent to an activating group) is 1. The van der Waals surface area contributed by atoms with Crippen LogP contribution in [-0.4, -0.2) is 16.8 Å². The number of hydrogen-bond acceptors (Lipinski definition) is 2. The summed E-state index contributed by atoms with van der Waals surface area (Å²) in [6.45, 7) is 5.13.